The monoisotopic (exact) mass is 270 g/mol. The molecule has 3 rings (SSSR count). The lowest BCUT2D eigenvalue weighted by Gasteiger charge is -2.33. The zero-order chi connectivity index (χ0) is 13.8. The van der Waals surface area contributed by atoms with Crippen molar-refractivity contribution in [1.29, 1.82) is 0 Å². The fourth-order valence-electron chi connectivity index (χ4n) is 2.98. The highest BCUT2D eigenvalue weighted by Crippen LogP contribution is 2.24. The summed E-state index contributed by atoms with van der Waals surface area (Å²) < 4.78 is 5.64. The Bertz CT molecular complexity index is 509. The molecule has 3 nitrogen and oxygen atoms in total. The molecule has 0 amide bonds. The second-order valence-corrected chi connectivity index (χ2v) is 5.63. The molecule has 1 aromatic carbocycles. The van der Waals surface area contributed by atoms with Crippen molar-refractivity contribution in [2.45, 2.75) is 24.9 Å². The van der Waals surface area contributed by atoms with Gasteiger partial charge in [0.2, 0.25) is 0 Å². The number of furan rings is 1. The predicted molar refractivity (Wildman–Crippen MR) is 80.6 cm³/mol. The van der Waals surface area contributed by atoms with Gasteiger partial charge in [0.25, 0.3) is 0 Å². The summed E-state index contributed by atoms with van der Waals surface area (Å²) in [6, 6.07) is 15.2. The third-order valence-electron chi connectivity index (χ3n) is 3.99. The average molecular weight is 270 g/mol. The van der Waals surface area contributed by atoms with Crippen LogP contribution in [0.4, 0.5) is 0 Å². The molecular formula is C17H22N2O. The fourth-order valence-corrected chi connectivity index (χ4v) is 2.98. The molecule has 1 N–H and O–H groups in total. The average Bonchev–Trinajstić information content (AvgIpc) is 3.00. The summed E-state index contributed by atoms with van der Waals surface area (Å²) in [6.07, 6.45) is 4.24. The fraction of sp³-hybridized carbons (Fsp3) is 0.412. The number of likely N-dealkylation sites (N-methyl/N-ethyl adjacent to an activating group) is 1. The van der Waals surface area contributed by atoms with E-state index in [2.05, 4.69) is 53.7 Å². The molecule has 106 valence electrons. The first kappa shape index (κ1) is 13.4. The van der Waals surface area contributed by atoms with Crippen LogP contribution in [0.3, 0.4) is 0 Å². The number of piperidine rings is 1. The summed E-state index contributed by atoms with van der Waals surface area (Å²) in [5.41, 5.74) is 1.26. The van der Waals surface area contributed by atoms with Gasteiger partial charge in [-0.25, -0.2) is 0 Å². The molecule has 0 bridgehead atoms. The van der Waals surface area contributed by atoms with Crippen molar-refractivity contribution in [1.82, 2.24) is 10.2 Å². The minimum absolute atomic E-state index is 0.141. The van der Waals surface area contributed by atoms with Gasteiger partial charge in [-0.1, -0.05) is 30.3 Å². The van der Waals surface area contributed by atoms with Crippen molar-refractivity contribution in [3.8, 4) is 0 Å². The van der Waals surface area contributed by atoms with Crippen molar-refractivity contribution < 1.29 is 4.42 Å². The molecule has 2 heterocycles. The number of benzene rings is 1. The van der Waals surface area contributed by atoms with E-state index in [0.717, 1.165) is 12.3 Å². The van der Waals surface area contributed by atoms with Crippen LogP contribution in [0.5, 0.6) is 0 Å². The zero-order valence-electron chi connectivity index (χ0n) is 12.0. The molecule has 20 heavy (non-hydrogen) atoms. The van der Waals surface area contributed by atoms with Crippen molar-refractivity contribution >= 4 is 0 Å². The Morgan fingerprint density at radius 3 is 2.75 bits per heavy atom. The normalized spacial score (nSPS) is 21.8. The van der Waals surface area contributed by atoms with Gasteiger partial charge in [0.05, 0.1) is 12.3 Å². The molecule has 0 aliphatic carbocycles. The Labute approximate surface area is 120 Å². The summed E-state index contributed by atoms with van der Waals surface area (Å²) in [5, 5.41) is 3.77. The second kappa shape index (κ2) is 6.25. The standard InChI is InChI=1S/C17H22N2O/c1-19-11-5-9-15(13-19)18-17(16-10-6-12-20-16)14-7-3-2-4-8-14/h2-4,6-8,10,12,15,17-18H,5,9,11,13H2,1H3. The lowest BCUT2D eigenvalue weighted by Crippen LogP contribution is -2.45. The van der Waals surface area contributed by atoms with Gasteiger partial charge >= 0.3 is 0 Å². The van der Waals surface area contributed by atoms with Crippen LogP contribution in [0.2, 0.25) is 0 Å². The Morgan fingerprint density at radius 2 is 2.05 bits per heavy atom. The SMILES string of the molecule is CN1CCCC(NC(c2ccccc2)c2ccco2)C1. The highest BCUT2D eigenvalue weighted by molar-refractivity contribution is 5.26. The Hall–Kier alpha value is -1.58. The topological polar surface area (TPSA) is 28.4 Å². The van der Waals surface area contributed by atoms with Gasteiger partial charge in [-0.15, -0.1) is 0 Å². The van der Waals surface area contributed by atoms with E-state index in [-0.39, 0.29) is 6.04 Å². The zero-order valence-corrected chi connectivity index (χ0v) is 12.0. The molecule has 0 radical (unpaired) electrons. The smallest absolute Gasteiger partial charge is 0.125 e. The molecule has 2 aromatic rings. The number of hydrogen-bond donors (Lipinski definition) is 1. The largest absolute Gasteiger partial charge is 0.467 e. The quantitative estimate of drug-likeness (QED) is 0.925. The van der Waals surface area contributed by atoms with Crippen LogP contribution in [0.1, 0.15) is 30.2 Å². The first-order valence-corrected chi connectivity index (χ1v) is 7.36. The molecule has 3 heteroatoms. The number of rotatable bonds is 4. The summed E-state index contributed by atoms with van der Waals surface area (Å²) in [7, 11) is 2.19. The highest BCUT2D eigenvalue weighted by atomic mass is 16.3. The van der Waals surface area contributed by atoms with Gasteiger partial charge in [0, 0.05) is 12.6 Å². The predicted octanol–water partition coefficient (Wildman–Crippen LogP) is 3.05. The van der Waals surface area contributed by atoms with Crippen LogP contribution in [0, 0.1) is 0 Å². The minimum atomic E-state index is 0.141. The maximum Gasteiger partial charge on any atom is 0.125 e. The molecule has 1 saturated heterocycles. The van der Waals surface area contributed by atoms with Crippen molar-refractivity contribution in [2.75, 3.05) is 20.1 Å². The van der Waals surface area contributed by atoms with Gasteiger partial charge < -0.3 is 9.32 Å². The van der Waals surface area contributed by atoms with E-state index in [4.69, 9.17) is 4.42 Å². The molecule has 1 aliphatic heterocycles. The molecule has 1 aliphatic rings. The molecule has 0 saturated carbocycles. The van der Waals surface area contributed by atoms with E-state index in [9.17, 15) is 0 Å². The summed E-state index contributed by atoms with van der Waals surface area (Å²) in [4.78, 5) is 2.39. The first-order valence-electron chi connectivity index (χ1n) is 7.36. The Balaban J connectivity index is 1.79. The third-order valence-corrected chi connectivity index (χ3v) is 3.99. The van der Waals surface area contributed by atoms with Crippen LogP contribution >= 0.6 is 0 Å². The van der Waals surface area contributed by atoms with Crippen molar-refractivity contribution in [2.24, 2.45) is 0 Å². The molecule has 1 aromatic heterocycles. The molecule has 1 fully saturated rings. The maximum absolute atomic E-state index is 5.64. The summed E-state index contributed by atoms with van der Waals surface area (Å²) >= 11 is 0. The summed E-state index contributed by atoms with van der Waals surface area (Å²) in [5.74, 6) is 0.990. The van der Waals surface area contributed by atoms with E-state index in [1.165, 1.54) is 24.9 Å². The van der Waals surface area contributed by atoms with Crippen LogP contribution in [0.15, 0.2) is 53.1 Å². The van der Waals surface area contributed by atoms with Crippen LogP contribution in [0.25, 0.3) is 0 Å². The van der Waals surface area contributed by atoms with Crippen molar-refractivity contribution in [3.63, 3.8) is 0 Å². The van der Waals surface area contributed by atoms with E-state index in [0.29, 0.717) is 6.04 Å². The van der Waals surface area contributed by atoms with E-state index < -0.39 is 0 Å². The van der Waals surface area contributed by atoms with E-state index in [1.54, 1.807) is 6.26 Å². The van der Waals surface area contributed by atoms with Gasteiger partial charge in [-0.3, -0.25) is 5.32 Å². The molecular weight excluding hydrogens is 248 g/mol. The lowest BCUT2D eigenvalue weighted by molar-refractivity contribution is 0.217. The minimum Gasteiger partial charge on any atom is -0.467 e. The van der Waals surface area contributed by atoms with Crippen molar-refractivity contribution in [3.05, 3.63) is 60.1 Å². The van der Waals surface area contributed by atoms with Gasteiger partial charge in [0.1, 0.15) is 5.76 Å². The number of likely N-dealkylation sites (tertiary alicyclic amines) is 1. The van der Waals surface area contributed by atoms with Gasteiger partial charge in [-0.05, 0) is 44.1 Å². The maximum atomic E-state index is 5.64. The first-order chi connectivity index (χ1) is 9.83. The van der Waals surface area contributed by atoms with Gasteiger partial charge in [-0.2, -0.15) is 0 Å². The number of hydrogen-bond acceptors (Lipinski definition) is 3. The van der Waals surface area contributed by atoms with Crippen LogP contribution in [-0.4, -0.2) is 31.1 Å². The Morgan fingerprint density at radius 1 is 1.20 bits per heavy atom. The van der Waals surface area contributed by atoms with Crippen LogP contribution < -0.4 is 5.32 Å². The lowest BCUT2D eigenvalue weighted by atomic mass is 10.00. The second-order valence-electron chi connectivity index (χ2n) is 5.63. The van der Waals surface area contributed by atoms with Crippen LogP contribution in [-0.2, 0) is 0 Å². The molecule has 2 unspecified atom stereocenters. The van der Waals surface area contributed by atoms with E-state index >= 15 is 0 Å². The highest BCUT2D eigenvalue weighted by Gasteiger charge is 2.23. The van der Waals surface area contributed by atoms with E-state index in [1.807, 2.05) is 6.07 Å². The van der Waals surface area contributed by atoms with Gasteiger partial charge in [0.15, 0.2) is 0 Å². The summed E-state index contributed by atoms with van der Waals surface area (Å²) in [6.45, 7) is 2.30. The number of nitrogens with zero attached hydrogens (tertiary/aromatic N) is 1. The molecule has 0 spiro atoms. The number of nitrogens with one attached hydrogen (secondary N) is 1. The molecule has 2 atom stereocenters. The third kappa shape index (κ3) is 3.11. The Kier molecular flexibility index (Phi) is 4.19.